The number of hydrogen-bond acceptors (Lipinski definition) is 4. The van der Waals surface area contributed by atoms with Crippen molar-refractivity contribution in [3.05, 3.63) is 21.5 Å². The second-order valence-corrected chi connectivity index (χ2v) is 8.82. The first-order valence-electron chi connectivity index (χ1n) is 9.82. The van der Waals surface area contributed by atoms with Gasteiger partial charge < -0.3 is 5.32 Å². The van der Waals surface area contributed by atoms with E-state index in [9.17, 15) is 14.9 Å². The number of rotatable bonds is 5. The van der Waals surface area contributed by atoms with Gasteiger partial charge in [-0.15, -0.1) is 0 Å². The quantitative estimate of drug-likeness (QED) is 0.645. The van der Waals surface area contributed by atoms with Crippen LogP contribution in [0.4, 0.5) is 5.69 Å². The Hall–Kier alpha value is -1.92. The smallest absolute Gasteiger partial charge is 0.312 e. The highest BCUT2D eigenvalue weighted by molar-refractivity contribution is 5.78. The fraction of sp³-hybridized carbons (Fsp3) is 0.789. The van der Waals surface area contributed by atoms with Crippen LogP contribution in [0.15, 0.2) is 0 Å². The van der Waals surface area contributed by atoms with Crippen LogP contribution in [0, 0.1) is 53.6 Å². The summed E-state index contributed by atoms with van der Waals surface area (Å²) in [6.07, 6.45) is 6.50. The maximum atomic E-state index is 12.8. The molecule has 26 heavy (non-hydrogen) atoms. The molecule has 5 rings (SSSR count). The number of nitrogens with zero attached hydrogens (tertiary/aromatic N) is 3. The van der Waals surface area contributed by atoms with Gasteiger partial charge in [0.15, 0.2) is 0 Å². The van der Waals surface area contributed by atoms with Gasteiger partial charge in [0, 0.05) is 6.04 Å². The molecule has 0 radical (unpaired) electrons. The van der Waals surface area contributed by atoms with Crippen LogP contribution in [0.3, 0.4) is 0 Å². The summed E-state index contributed by atoms with van der Waals surface area (Å²) in [5.74, 6) is 2.87. The van der Waals surface area contributed by atoms with Crippen molar-refractivity contribution >= 4 is 11.6 Å². The van der Waals surface area contributed by atoms with Crippen molar-refractivity contribution in [1.82, 2.24) is 15.1 Å². The van der Waals surface area contributed by atoms with Crippen LogP contribution in [-0.2, 0) is 11.3 Å². The molecule has 0 saturated heterocycles. The first-order valence-corrected chi connectivity index (χ1v) is 9.82. The van der Waals surface area contributed by atoms with Gasteiger partial charge in [-0.3, -0.25) is 19.6 Å². The highest BCUT2D eigenvalue weighted by Crippen LogP contribution is 2.53. The van der Waals surface area contributed by atoms with Gasteiger partial charge in [-0.05, 0) is 69.6 Å². The molecule has 4 saturated carbocycles. The van der Waals surface area contributed by atoms with Crippen molar-refractivity contribution in [2.75, 3.05) is 0 Å². The van der Waals surface area contributed by atoms with Crippen LogP contribution in [0.25, 0.3) is 0 Å². The number of aryl methyl sites for hydroxylation is 1. The number of aromatic nitrogens is 2. The molecular weight excluding hydrogens is 332 g/mol. The number of hydrogen-bond donors (Lipinski definition) is 1. The molecule has 0 spiro atoms. The van der Waals surface area contributed by atoms with Gasteiger partial charge in [0.1, 0.15) is 11.4 Å². The molecule has 4 aliphatic rings. The van der Waals surface area contributed by atoms with Crippen molar-refractivity contribution in [3.8, 4) is 0 Å². The molecule has 1 unspecified atom stereocenters. The van der Waals surface area contributed by atoms with Crippen LogP contribution in [0.2, 0.25) is 0 Å². The molecule has 142 valence electrons. The van der Waals surface area contributed by atoms with Crippen molar-refractivity contribution in [3.63, 3.8) is 0 Å². The molecule has 4 bridgehead atoms. The van der Waals surface area contributed by atoms with Crippen molar-refractivity contribution in [2.45, 2.75) is 65.5 Å². The van der Waals surface area contributed by atoms with E-state index in [0.29, 0.717) is 35.8 Å². The lowest BCUT2D eigenvalue weighted by atomic mass is 9.54. The average molecular weight is 360 g/mol. The van der Waals surface area contributed by atoms with Gasteiger partial charge in [-0.25, -0.2) is 0 Å². The fourth-order valence-corrected chi connectivity index (χ4v) is 5.94. The highest BCUT2D eigenvalue weighted by atomic mass is 16.6. The van der Waals surface area contributed by atoms with Crippen molar-refractivity contribution in [1.29, 1.82) is 0 Å². The zero-order valence-electron chi connectivity index (χ0n) is 15.8. The maximum Gasteiger partial charge on any atom is 0.312 e. The summed E-state index contributed by atoms with van der Waals surface area (Å²) in [5, 5.41) is 18.8. The van der Waals surface area contributed by atoms with Crippen LogP contribution >= 0.6 is 0 Å². The second-order valence-electron chi connectivity index (χ2n) is 8.82. The van der Waals surface area contributed by atoms with Gasteiger partial charge in [0.2, 0.25) is 5.91 Å². The molecule has 1 atom stereocenters. The van der Waals surface area contributed by atoms with Crippen molar-refractivity contribution < 1.29 is 9.72 Å². The Morgan fingerprint density at radius 1 is 1.23 bits per heavy atom. The summed E-state index contributed by atoms with van der Waals surface area (Å²) >= 11 is 0. The van der Waals surface area contributed by atoms with Gasteiger partial charge in [-0.1, -0.05) is 6.92 Å². The fourth-order valence-electron chi connectivity index (χ4n) is 5.94. The average Bonchev–Trinajstić information content (AvgIpc) is 2.83. The molecule has 0 aromatic carbocycles. The molecule has 1 heterocycles. The first kappa shape index (κ1) is 17.5. The molecule has 7 nitrogen and oxygen atoms in total. The van der Waals surface area contributed by atoms with E-state index in [4.69, 9.17) is 0 Å². The number of nitrogens with one attached hydrogen (secondary N) is 1. The summed E-state index contributed by atoms with van der Waals surface area (Å²) in [6.45, 7) is 5.59. The summed E-state index contributed by atoms with van der Waals surface area (Å²) in [5.41, 5.74) is 0.974. The lowest BCUT2D eigenvalue weighted by Gasteiger charge is -2.54. The molecule has 1 aromatic heterocycles. The molecule has 1 aromatic rings. The minimum atomic E-state index is -0.395. The summed E-state index contributed by atoms with van der Waals surface area (Å²) in [4.78, 5) is 23.5. The van der Waals surface area contributed by atoms with Crippen molar-refractivity contribution in [2.24, 2.45) is 29.6 Å². The van der Waals surface area contributed by atoms with E-state index in [0.717, 1.165) is 11.8 Å². The van der Waals surface area contributed by atoms with E-state index in [1.807, 2.05) is 6.92 Å². The molecule has 1 amide bonds. The zero-order chi connectivity index (χ0) is 18.6. The van der Waals surface area contributed by atoms with Crippen LogP contribution in [-0.4, -0.2) is 26.7 Å². The SMILES string of the molecule is Cc1nn(CC(C)C(=O)NC2C3CC4CC(C3)CC2C4)c(C)c1[N+](=O)[O-]. The Kier molecular flexibility index (Phi) is 4.28. The summed E-state index contributed by atoms with van der Waals surface area (Å²) in [7, 11) is 0. The van der Waals surface area contributed by atoms with E-state index in [-0.39, 0.29) is 17.5 Å². The Balaban J connectivity index is 1.41. The Bertz CT molecular complexity index is 713. The van der Waals surface area contributed by atoms with E-state index in [1.54, 1.807) is 18.5 Å². The minimum Gasteiger partial charge on any atom is -0.353 e. The maximum absolute atomic E-state index is 12.8. The largest absolute Gasteiger partial charge is 0.353 e. The van der Waals surface area contributed by atoms with Crippen LogP contribution < -0.4 is 5.32 Å². The van der Waals surface area contributed by atoms with Gasteiger partial charge in [0.05, 0.1) is 17.4 Å². The normalized spacial score (nSPS) is 33.3. The minimum absolute atomic E-state index is 0.0534. The van der Waals surface area contributed by atoms with Gasteiger partial charge in [0.25, 0.3) is 0 Å². The number of carbonyl (C=O) groups excluding carboxylic acids is 1. The number of carbonyl (C=O) groups is 1. The summed E-state index contributed by atoms with van der Waals surface area (Å²) < 4.78 is 1.61. The first-order chi connectivity index (χ1) is 12.3. The number of amides is 1. The predicted molar refractivity (Wildman–Crippen MR) is 96.5 cm³/mol. The Labute approximate surface area is 153 Å². The lowest BCUT2D eigenvalue weighted by molar-refractivity contribution is -0.386. The third-order valence-electron chi connectivity index (χ3n) is 6.96. The highest BCUT2D eigenvalue weighted by Gasteiger charge is 2.48. The third-order valence-corrected chi connectivity index (χ3v) is 6.96. The van der Waals surface area contributed by atoms with Gasteiger partial charge >= 0.3 is 5.69 Å². The van der Waals surface area contributed by atoms with E-state index in [1.165, 1.54) is 32.1 Å². The molecule has 0 aliphatic heterocycles. The van der Waals surface area contributed by atoms with Gasteiger partial charge in [-0.2, -0.15) is 5.10 Å². The number of nitro groups is 1. The van der Waals surface area contributed by atoms with Crippen LogP contribution in [0.5, 0.6) is 0 Å². The third kappa shape index (κ3) is 2.91. The molecule has 4 aliphatic carbocycles. The zero-order valence-corrected chi connectivity index (χ0v) is 15.8. The monoisotopic (exact) mass is 360 g/mol. The van der Waals surface area contributed by atoms with E-state index >= 15 is 0 Å². The Morgan fingerprint density at radius 3 is 2.31 bits per heavy atom. The topological polar surface area (TPSA) is 90.1 Å². The standard InChI is InChI=1S/C19H28N4O3/c1-10(9-22-12(3)18(23(25)26)11(2)21-22)19(24)20-17-15-5-13-4-14(7-15)8-16(17)6-13/h10,13-17H,4-9H2,1-3H3,(H,20,24). The molecule has 7 heteroatoms. The van der Waals surface area contributed by atoms with E-state index in [2.05, 4.69) is 10.4 Å². The van der Waals surface area contributed by atoms with E-state index < -0.39 is 4.92 Å². The summed E-state index contributed by atoms with van der Waals surface area (Å²) in [6, 6.07) is 0.326. The molecular formula is C19H28N4O3. The predicted octanol–water partition coefficient (Wildman–Crippen LogP) is 2.99. The lowest BCUT2D eigenvalue weighted by Crippen LogP contribution is -2.56. The Morgan fingerprint density at radius 2 is 1.81 bits per heavy atom. The molecule has 1 N–H and O–H groups in total. The van der Waals surface area contributed by atoms with Crippen LogP contribution in [0.1, 0.15) is 50.4 Å². The molecule has 4 fully saturated rings. The second kappa shape index (κ2) is 6.35.